The molecule has 3 heterocycles. The van der Waals surface area contributed by atoms with Gasteiger partial charge in [-0.15, -0.1) is 0 Å². The molecule has 13 rings (SSSR count). The van der Waals surface area contributed by atoms with Gasteiger partial charge in [0.1, 0.15) is 0 Å². The second kappa shape index (κ2) is 20.7. The van der Waals surface area contributed by atoms with E-state index < -0.39 is 69.8 Å². The molecule has 10 aromatic carbocycles. The summed E-state index contributed by atoms with van der Waals surface area (Å²) in [6.07, 6.45) is -25.7. The highest BCUT2D eigenvalue weighted by atomic mass is 19.4. The number of hydrogen-bond donors (Lipinski definition) is 0. The van der Waals surface area contributed by atoms with Crippen molar-refractivity contribution in [2.24, 2.45) is 0 Å². The highest BCUT2D eigenvalue weighted by Crippen LogP contribution is 2.48. The Morgan fingerprint density at radius 2 is 0.602 bits per heavy atom. The van der Waals surface area contributed by atoms with Crippen LogP contribution in [0.15, 0.2) is 218 Å². The highest BCUT2D eigenvalue weighted by molar-refractivity contribution is 6.13. The standard InChI is InChI=1S/C68H36F15N5/c69-64(70,71)42-22-25-45(53(34-42)67(78,79)80)39-19-28-57-50(31-39)47-15-7-9-17-55(47)87(57)58-30-21-41(63-85-61(37-11-3-1-4-12-37)84-62(86-63)38-13-5-2-6-14-38)33-52(58)49-27-24-44(66(75,76)77)36-60(49)88-56-18-10-8-16-48(56)51-32-40(20-29-59(51)88)46-26-23-43(65(72,73)74)35-54(46)68(81,82)83/h1-36H. The number of para-hydroxylation sites is 2. The van der Waals surface area contributed by atoms with Crippen LogP contribution in [-0.2, 0) is 30.9 Å². The molecule has 3 aromatic heterocycles. The molecule has 0 bridgehead atoms. The minimum absolute atomic E-state index is 0.0183. The van der Waals surface area contributed by atoms with Crippen molar-refractivity contribution in [3.8, 4) is 78.9 Å². The van der Waals surface area contributed by atoms with Crippen molar-refractivity contribution in [1.29, 1.82) is 0 Å². The van der Waals surface area contributed by atoms with Crippen molar-refractivity contribution >= 4 is 43.6 Å². The number of fused-ring (bicyclic) bond motifs is 6. The average molecular weight is 1210 g/mol. The number of hydrogen-bond acceptors (Lipinski definition) is 3. The molecule has 0 spiro atoms. The Morgan fingerprint density at radius 1 is 0.239 bits per heavy atom. The summed E-state index contributed by atoms with van der Waals surface area (Å²) in [6.45, 7) is 0. The molecule has 0 aliphatic heterocycles. The fraction of sp³-hybridized carbons (Fsp3) is 0.0735. The van der Waals surface area contributed by atoms with Gasteiger partial charge in [-0.05, 0) is 113 Å². The minimum Gasteiger partial charge on any atom is -0.309 e. The first-order chi connectivity index (χ1) is 41.8. The van der Waals surface area contributed by atoms with Gasteiger partial charge in [0.05, 0.1) is 61.3 Å². The van der Waals surface area contributed by atoms with E-state index in [0.717, 1.165) is 18.2 Å². The van der Waals surface area contributed by atoms with Crippen LogP contribution >= 0.6 is 0 Å². The van der Waals surface area contributed by atoms with E-state index in [9.17, 15) is 52.7 Å². The number of aromatic nitrogens is 5. The van der Waals surface area contributed by atoms with Gasteiger partial charge in [0.15, 0.2) is 17.5 Å². The van der Waals surface area contributed by atoms with Gasteiger partial charge in [-0.1, -0.05) is 127 Å². The van der Waals surface area contributed by atoms with E-state index in [1.54, 1.807) is 132 Å². The number of nitrogens with zero attached hydrogens (tertiary/aromatic N) is 5. The van der Waals surface area contributed by atoms with Crippen LogP contribution in [0, 0.1) is 0 Å². The summed E-state index contributed by atoms with van der Waals surface area (Å²) in [5.74, 6) is 0.630. The van der Waals surface area contributed by atoms with Crippen molar-refractivity contribution in [1.82, 2.24) is 24.1 Å². The maximum Gasteiger partial charge on any atom is 0.417 e. The number of halogens is 15. The Labute approximate surface area is 487 Å². The van der Waals surface area contributed by atoms with Crippen LogP contribution in [-0.4, -0.2) is 24.1 Å². The molecule has 20 heteroatoms. The zero-order valence-electron chi connectivity index (χ0n) is 44.7. The van der Waals surface area contributed by atoms with E-state index in [1.165, 1.54) is 47.0 Å². The SMILES string of the molecule is FC(F)(F)c1ccc(-c2cc(-c3nc(-c4ccccc4)nc(-c4ccccc4)n3)ccc2-n2c3ccccc3c3cc(-c4ccc(C(F)(F)F)cc4C(F)(F)F)ccc32)c(-n2c3ccccc3c3cc(-c4ccc(C(F)(F)F)cc4C(F)(F)F)ccc32)c1. The van der Waals surface area contributed by atoms with Crippen LogP contribution in [0.1, 0.15) is 27.8 Å². The van der Waals surface area contributed by atoms with E-state index in [-0.39, 0.29) is 79.7 Å². The summed E-state index contributed by atoms with van der Waals surface area (Å²) in [4.78, 5) is 14.7. The van der Waals surface area contributed by atoms with E-state index in [4.69, 9.17) is 15.0 Å². The van der Waals surface area contributed by atoms with Gasteiger partial charge < -0.3 is 9.13 Å². The zero-order valence-corrected chi connectivity index (χ0v) is 44.7. The largest absolute Gasteiger partial charge is 0.417 e. The van der Waals surface area contributed by atoms with Crippen molar-refractivity contribution in [2.45, 2.75) is 30.9 Å². The molecule has 0 atom stereocenters. The average Bonchev–Trinajstić information content (AvgIpc) is 1.55. The molecule has 438 valence electrons. The van der Waals surface area contributed by atoms with Crippen molar-refractivity contribution in [3.05, 3.63) is 246 Å². The molecular weight excluding hydrogens is 1170 g/mol. The lowest BCUT2D eigenvalue weighted by atomic mass is 9.95. The minimum atomic E-state index is -5.26. The molecule has 5 nitrogen and oxygen atoms in total. The smallest absolute Gasteiger partial charge is 0.309 e. The molecule has 0 aliphatic carbocycles. The Kier molecular flexibility index (Phi) is 13.4. The van der Waals surface area contributed by atoms with E-state index in [1.807, 2.05) is 0 Å². The molecule has 0 N–H and O–H groups in total. The van der Waals surface area contributed by atoms with Gasteiger partial charge >= 0.3 is 30.9 Å². The zero-order chi connectivity index (χ0) is 61.8. The normalized spacial score (nSPS) is 12.7. The quantitative estimate of drug-likeness (QED) is 0.142. The summed E-state index contributed by atoms with van der Waals surface area (Å²) in [5.41, 5.74) is -5.41. The first kappa shape index (κ1) is 56.9. The van der Waals surface area contributed by atoms with Crippen molar-refractivity contribution in [3.63, 3.8) is 0 Å². The van der Waals surface area contributed by atoms with Crippen LogP contribution in [0.25, 0.3) is 123 Å². The molecule has 88 heavy (non-hydrogen) atoms. The van der Waals surface area contributed by atoms with Crippen LogP contribution in [0.2, 0.25) is 0 Å². The second-order valence-corrected chi connectivity index (χ2v) is 20.7. The number of rotatable bonds is 8. The lowest BCUT2D eigenvalue weighted by molar-refractivity contribution is -0.144. The van der Waals surface area contributed by atoms with E-state index in [2.05, 4.69) is 0 Å². The van der Waals surface area contributed by atoms with Gasteiger partial charge in [-0.2, -0.15) is 65.9 Å². The third-order valence-corrected chi connectivity index (χ3v) is 15.3. The second-order valence-electron chi connectivity index (χ2n) is 20.7. The molecule has 0 fully saturated rings. The van der Waals surface area contributed by atoms with Gasteiger partial charge in [-0.3, -0.25) is 0 Å². The van der Waals surface area contributed by atoms with Gasteiger partial charge in [0.2, 0.25) is 0 Å². The molecule has 0 amide bonds. The fourth-order valence-corrected chi connectivity index (χ4v) is 11.4. The summed E-state index contributed by atoms with van der Waals surface area (Å²) in [7, 11) is 0. The topological polar surface area (TPSA) is 48.5 Å². The lowest BCUT2D eigenvalue weighted by Crippen LogP contribution is -2.12. The summed E-state index contributed by atoms with van der Waals surface area (Å²) in [5, 5.41) is 1.34. The highest BCUT2D eigenvalue weighted by Gasteiger charge is 2.41. The summed E-state index contributed by atoms with van der Waals surface area (Å²) >= 11 is 0. The Hall–Kier alpha value is -10.2. The Morgan fingerprint density at radius 3 is 1.03 bits per heavy atom. The van der Waals surface area contributed by atoms with Crippen LogP contribution < -0.4 is 0 Å². The Balaban J connectivity index is 1.10. The maximum absolute atomic E-state index is 15.3. The first-order valence-corrected chi connectivity index (χ1v) is 26.7. The van der Waals surface area contributed by atoms with Crippen LogP contribution in [0.4, 0.5) is 65.9 Å². The van der Waals surface area contributed by atoms with Crippen molar-refractivity contribution in [2.75, 3.05) is 0 Å². The predicted octanol–water partition coefficient (Wildman–Crippen LogP) is 21.2. The monoisotopic (exact) mass is 1210 g/mol. The fourth-order valence-electron chi connectivity index (χ4n) is 11.4. The summed E-state index contributed by atoms with van der Waals surface area (Å²) in [6, 6.07) is 49.9. The molecule has 0 saturated carbocycles. The van der Waals surface area contributed by atoms with Crippen LogP contribution in [0.5, 0.6) is 0 Å². The molecule has 0 aliphatic rings. The summed E-state index contributed by atoms with van der Waals surface area (Å²) < 4.78 is 221. The number of alkyl halides is 15. The van der Waals surface area contributed by atoms with Gasteiger partial charge in [0, 0.05) is 49.4 Å². The predicted molar refractivity (Wildman–Crippen MR) is 306 cm³/mol. The third kappa shape index (κ3) is 10.2. The number of benzene rings is 10. The van der Waals surface area contributed by atoms with Crippen LogP contribution in [0.3, 0.4) is 0 Å². The third-order valence-electron chi connectivity index (χ3n) is 15.3. The molecule has 0 unspecified atom stereocenters. The van der Waals surface area contributed by atoms with Gasteiger partial charge in [0.25, 0.3) is 0 Å². The lowest BCUT2D eigenvalue weighted by Gasteiger charge is -2.21. The Bertz CT molecular complexity index is 4840. The maximum atomic E-state index is 15.3. The molecule has 13 aromatic rings. The first-order valence-electron chi connectivity index (χ1n) is 26.7. The molecule has 0 saturated heterocycles. The van der Waals surface area contributed by atoms with E-state index >= 15 is 13.2 Å². The molecule has 0 radical (unpaired) electrons. The van der Waals surface area contributed by atoms with E-state index in [0.29, 0.717) is 62.1 Å². The molecular formula is C68H36F15N5. The van der Waals surface area contributed by atoms with Crippen molar-refractivity contribution < 1.29 is 65.9 Å². The van der Waals surface area contributed by atoms with Gasteiger partial charge in [-0.25, -0.2) is 15.0 Å².